The van der Waals surface area contributed by atoms with Gasteiger partial charge in [0.05, 0.1) is 0 Å². The molecule has 0 fully saturated rings. The van der Waals surface area contributed by atoms with E-state index in [4.69, 9.17) is 4.52 Å². The zero-order valence-electron chi connectivity index (χ0n) is 17.3. The van der Waals surface area contributed by atoms with E-state index in [-0.39, 0.29) is 0 Å². The predicted molar refractivity (Wildman–Crippen MR) is 115 cm³/mol. The van der Waals surface area contributed by atoms with E-state index in [9.17, 15) is 4.57 Å². The molecule has 0 aliphatic heterocycles. The SMILES string of the molecule is CCCCCCCCCc1ccc([P+](=O)OCC(CC)CCCC)cc1. The highest BCUT2D eigenvalue weighted by Gasteiger charge is 2.23. The molecule has 0 saturated carbocycles. The fourth-order valence-electron chi connectivity index (χ4n) is 3.22. The van der Waals surface area contributed by atoms with Gasteiger partial charge in [0.25, 0.3) is 0 Å². The lowest BCUT2D eigenvalue weighted by atomic mass is 10.0. The van der Waals surface area contributed by atoms with Crippen LogP contribution in [0.2, 0.25) is 0 Å². The molecule has 0 amide bonds. The molecule has 26 heavy (non-hydrogen) atoms. The summed E-state index contributed by atoms with van der Waals surface area (Å²) in [5.74, 6) is 0.533. The van der Waals surface area contributed by atoms with Crippen molar-refractivity contribution in [3.8, 4) is 0 Å². The first kappa shape index (κ1) is 23.3. The van der Waals surface area contributed by atoms with Gasteiger partial charge in [0.1, 0.15) is 6.61 Å². The summed E-state index contributed by atoms with van der Waals surface area (Å²) in [5, 5.41) is 0.827. The average Bonchev–Trinajstić information content (AvgIpc) is 2.67. The van der Waals surface area contributed by atoms with Crippen molar-refractivity contribution in [2.75, 3.05) is 6.61 Å². The fourth-order valence-corrected chi connectivity index (χ4v) is 4.10. The van der Waals surface area contributed by atoms with E-state index in [0.717, 1.165) is 18.1 Å². The Hall–Kier alpha value is -0.720. The summed E-state index contributed by atoms with van der Waals surface area (Å²) in [5.41, 5.74) is 1.35. The summed E-state index contributed by atoms with van der Waals surface area (Å²) in [6.07, 6.45) is 15.2. The standard InChI is InChI=1S/C23H40O2P/c1-4-7-9-10-11-12-13-15-22-16-18-23(19-17-22)26(24)25-20-21(6-3)14-8-5-2/h16-19,21H,4-15,20H2,1-3H3/q+1. The lowest BCUT2D eigenvalue weighted by Gasteiger charge is -2.09. The van der Waals surface area contributed by atoms with Crippen molar-refractivity contribution in [1.82, 2.24) is 0 Å². The van der Waals surface area contributed by atoms with Gasteiger partial charge in [0.2, 0.25) is 5.30 Å². The maximum Gasteiger partial charge on any atom is 0.548 e. The Kier molecular flexibility index (Phi) is 13.8. The van der Waals surface area contributed by atoms with Crippen LogP contribution in [0.5, 0.6) is 0 Å². The lowest BCUT2D eigenvalue weighted by Crippen LogP contribution is -2.08. The van der Waals surface area contributed by atoms with Crippen LogP contribution >= 0.6 is 8.03 Å². The van der Waals surface area contributed by atoms with Crippen LogP contribution in [-0.2, 0) is 15.5 Å². The quantitative estimate of drug-likeness (QED) is 0.218. The molecule has 2 nitrogen and oxygen atoms in total. The van der Waals surface area contributed by atoms with Crippen LogP contribution in [0.4, 0.5) is 0 Å². The summed E-state index contributed by atoms with van der Waals surface area (Å²) >= 11 is 0. The van der Waals surface area contributed by atoms with Crippen molar-refractivity contribution in [3.63, 3.8) is 0 Å². The predicted octanol–water partition coefficient (Wildman–Crippen LogP) is 7.58. The van der Waals surface area contributed by atoms with Crippen molar-refractivity contribution in [2.45, 2.75) is 97.8 Å². The van der Waals surface area contributed by atoms with Gasteiger partial charge in [-0.15, -0.1) is 4.52 Å². The molecule has 1 aromatic carbocycles. The Bertz CT molecular complexity index is 470. The zero-order chi connectivity index (χ0) is 19.0. The number of hydrogen-bond donors (Lipinski definition) is 0. The third-order valence-corrected chi connectivity index (χ3v) is 6.29. The van der Waals surface area contributed by atoms with E-state index in [1.54, 1.807) is 0 Å². The van der Waals surface area contributed by atoms with Gasteiger partial charge in [-0.25, -0.2) is 0 Å². The summed E-state index contributed by atoms with van der Waals surface area (Å²) in [7, 11) is -1.72. The molecule has 0 N–H and O–H groups in total. The highest BCUT2D eigenvalue weighted by atomic mass is 31.1. The first-order valence-electron chi connectivity index (χ1n) is 10.9. The third-order valence-electron chi connectivity index (χ3n) is 5.19. The molecule has 1 aromatic rings. The molecular weight excluding hydrogens is 339 g/mol. The van der Waals surface area contributed by atoms with Crippen LogP contribution in [-0.4, -0.2) is 6.61 Å². The van der Waals surface area contributed by atoms with Crippen LogP contribution in [0.15, 0.2) is 24.3 Å². The van der Waals surface area contributed by atoms with Crippen LogP contribution in [0.3, 0.4) is 0 Å². The Balaban J connectivity index is 2.27. The molecule has 0 bridgehead atoms. The molecule has 3 heteroatoms. The third kappa shape index (κ3) is 10.4. The van der Waals surface area contributed by atoms with Gasteiger partial charge in [0, 0.05) is 0 Å². The van der Waals surface area contributed by atoms with Gasteiger partial charge in [-0.1, -0.05) is 90.7 Å². The largest absolute Gasteiger partial charge is 0.548 e. The Labute approximate surface area is 163 Å². The summed E-state index contributed by atoms with van der Waals surface area (Å²) in [6.45, 7) is 7.28. The maximum atomic E-state index is 12.4. The van der Waals surface area contributed by atoms with Crippen molar-refractivity contribution in [1.29, 1.82) is 0 Å². The molecule has 1 rings (SSSR count). The van der Waals surface area contributed by atoms with Crippen LogP contribution in [0.1, 0.15) is 97.0 Å². The number of aryl methyl sites for hydroxylation is 1. The average molecular weight is 380 g/mol. The van der Waals surface area contributed by atoms with Crippen LogP contribution in [0, 0.1) is 5.92 Å². The molecule has 148 valence electrons. The Morgan fingerprint density at radius 2 is 1.46 bits per heavy atom. The fraction of sp³-hybridized carbons (Fsp3) is 0.739. The van der Waals surface area contributed by atoms with Crippen molar-refractivity contribution < 1.29 is 9.09 Å². The van der Waals surface area contributed by atoms with E-state index in [2.05, 4.69) is 32.9 Å². The normalized spacial score (nSPS) is 13.0. The van der Waals surface area contributed by atoms with Crippen LogP contribution < -0.4 is 5.30 Å². The van der Waals surface area contributed by atoms with E-state index < -0.39 is 8.03 Å². The molecule has 0 aliphatic carbocycles. The van der Waals surface area contributed by atoms with E-state index in [1.807, 2.05) is 12.1 Å². The highest BCUT2D eigenvalue weighted by Crippen LogP contribution is 2.25. The molecule has 0 saturated heterocycles. The van der Waals surface area contributed by atoms with Gasteiger partial charge in [-0.3, -0.25) is 0 Å². The second kappa shape index (κ2) is 15.3. The molecule has 0 aromatic heterocycles. The lowest BCUT2D eigenvalue weighted by molar-refractivity contribution is 0.247. The van der Waals surface area contributed by atoms with E-state index in [0.29, 0.717) is 12.5 Å². The number of rotatable bonds is 16. The van der Waals surface area contributed by atoms with Crippen molar-refractivity contribution in [3.05, 3.63) is 29.8 Å². The first-order chi connectivity index (χ1) is 12.7. The second-order valence-electron chi connectivity index (χ2n) is 7.51. The summed E-state index contributed by atoms with van der Waals surface area (Å²) < 4.78 is 18.0. The topological polar surface area (TPSA) is 26.3 Å². The van der Waals surface area contributed by atoms with E-state index >= 15 is 0 Å². The minimum absolute atomic E-state index is 0.533. The molecule has 2 unspecified atom stereocenters. The number of benzene rings is 1. The zero-order valence-corrected chi connectivity index (χ0v) is 18.2. The minimum atomic E-state index is -1.72. The van der Waals surface area contributed by atoms with Crippen LogP contribution in [0.25, 0.3) is 0 Å². The summed E-state index contributed by atoms with van der Waals surface area (Å²) in [6, 6.07) is 8.22. The van der Waals surface area contributed by atoms with Crippen molar-refractivity contribution >= 4 is 13.3 Å². The molecule has 0 spiro atoms. The Morgan fingerprint density at radius 1 is 0.846 bits per heavy atom. The molecule has 2 atom stereocenters. The molecule has 0 aliphatic rings. The van der Waals surface area contributed by atoms with Gasteiger partial charge >= 0.3 is 8.03 Å². The summed E-state index contributed by atoms with van der Waals surface area (Å²) in [4.78, 5) is 0. The minimum Gasteiger partial charge on any atom is -0.141 e. The smallest absolute Gasteiger partial charge is 0.141 e. The molecule has 0 heterocycles. The highest BCUT2D eigenvalue weighted by molar-refractivity contribution is 7.48. The number of hydrogen-bond acceptors (Lipinski definition) is 2. The maximum absolute atomic E-state index is 12.4. The van der Waals surface area contributed by atoms with Gasteiger partial charge in [0.15, 0.2) is 0 Å². The van der Waals surface area contributed by atoms with Gasteiger partial charge in [-0.2, -0.15) is 0 Å². The first-order valence-corrected chi connectivity index (χ1v) is 12.1. The molecular formula is C23H40O2P+. The van der Waals surface area contributed by atoms with E-state index in [1.165, 1.54) is 69.8 Å². The van der Waals surface area contributed by atoms with Gasteiger partial charge in [-0.05, 0) is 47.4 Å². The molecule has 0 radical (unpaired) electrons. The number of unbranched alkanes of at least 4 members (excludes halogenated alkanes) is 7. The monoisotopic (exact) mass is 379 g/mol. The Morgan fingerprint density at radius 3 is 2.08 bits per heavy atom. The van der Waals surface area contributed by atoms with Gasteiger partial charge < -0.3 is 0 Å². The van der Waals surface area contributed by atoms with Crippen molar-refractivity contribution in [2.24, 2.45) is 5.92 Å². The second-order valence-corrected chi connectivity index (χ2v) is 8.80.